The smallest absolute Gasteiger partial charge is 0.347 e. The quantitative estimate of drug-likeness (QED) is 0.510. The Balaban J connectivity index is 2.04. The lowest BCUT2D eigenvalue weighted by Gasteiger charge is -2.13. The topological polar surface area (TPSA) is 128 Å². The number of aromatic hydroxyl groups is 1. The number of hydrogen-bond donors (Lipinski definition) is 2. The van der Waals surface area contributed by atoms with E-state index in [0.717, 1.165) is 6.26 Å². The maximum atomic E-state index is 13.7. The second kappa shape index (κ2) is 9.05. The number of carbonyl (C=O) groups excluding carboxylic acids is 1. The van der Waals surface area contributed by atoms with Gasteiger partial charge in [0, 0.05) is 19.8 Å². The molecule has 0 radical (unpaired) electrons. The fraction of sp³-hybridized carbons (Fsp3) is 0.286. The normalized spacial score (nSPS) is 11.6. The highest BCUT2D eigenvalue weighted by Crippen LogP contribution is 2.26. The molecular weight excluding hydrogens is 441 g/mol. The Morgan fingerprint density at radius 2 is 2.00 bits per heavy atom. The van der Waals surface area contributed by atoms with Crippen LogP contribution < -0.4 is 10.3 Å². The van der Waals surface area contributed by atoms with Crippen molar-refractivity contribution in [1.82, 2.24) is 14.3 Å². The third-order valence-corrected chi connectivity index (χ3v) is 5.50. The van der Waals surface area contributed by atoms with Crippen LogP contribution in [0.2, 0.25) is 0 Å². The highest BCUT2D eigenvalue weighted by Gasteiger charge is 2.23. The van der Waals surface area contributed by atoms with Crippen molar-refractivity contribution < 1.29 is 27.4 Å². The highest BCUT2D eigenvalue weighted by molar-refractivity contribution is 7.88. The zero-order valence-corrected chi connectivity index (χ0v) is 18.5. The van der Waals surface area contributed by atoms with Gasteiger partial charge in [-0.05, 0) is 48.2 Å². The van der Waals surface area contributed by atoms with Gasteiger partial charge in [0.25, 0.3) is 5.56 Å². The Kier molecular flexibility index (Phi) is 6.60. The molecule has 9 nitrogen and oxygen atoms in total. The maximum Gasteiger partial charge on any atom is 0.347 e. The first kappa shape index (κ1) is 23.4. The Morgan fingerprint density at radius 3 is 2.66 bits per heavy atom. The predicted molar refractivity (Wildman–Crippen MR) is 115 cm³/mol. The third-order valence-electron chi connectivity index (χ3n) is 4.83. The molecule has 0 spiro atoms. The highest BCUT2D eigenvalue weighted by atomic mass is 32.2. The van der Waals surface area contributed by atoms with Crippen LogP contribution in [0.5, 0.6) is 5.75 Å². The molecule has 3 aromatic rings. The van der Waals surface area contributed by atoms with Crippen molar-refractivity contribution in [2.24, 2.45) is 7.05 Å². The summed E-state index contributed by atoms with van der Waals surface area (Å²) in [6.07, 6.45) is 2.73. The molecule has 1 aromatic carbocycles. The number of rotatable bonds is 7. The number of nitrogens with one attached hydrogen (secondary N) is 1. The number of fused-ring (bicyclic) bond motifs is 1. The molecule has 0 fully saturated rings. The summed E-state index contributed by atoms with van der Waals surface area (Å²) in [4.78, 5) is 28.9. The number of aromatic nitrogens is 2. The van der Waals surface area contributed by atoms with Gasteiger partial charge in [-0.15, -0.1) is 0 Å². The number of carbonyl (C=O) groups is 1. The molecular formula is C21H22FN3O6S. The summed E-state index contributed by atoms with van der Waals surface area (Å²) in [6.45, 7) is 1.54. The van der Waals surface area contributed by atoms with E-state index >= 15 is 0 Å². The molecule has 0 aliphatic carbocycles. The van der Waals surface area contributed by atoms with E-state index in [9.17, 15) is 27.5 Å². The van der Waals surface area contributed by atoms with Gasteiger partial charge in [-0.25, -0.2) is 22.3 Å². The third kappa shape index (κ3) is 4.94. The summed E-state index contributed by atoms with van der Waals surface area (Å²) < 4.78 is 44.9. The molecule has 0 saturated heterocycles. The van der Waals surface area contributed by atoms with E-state index in [4.69, 9.17) is 4.74 Å². The number of sulfonamides is 1. The second-order valence-electron chi connectivity index (χ2n) is 7.20. The molecule has 32 heavy (non-hydrogen) atoms. The molecule has 0 amide bonds. The van der Waals surface area contributed by atoms with E-state index in [1.54, 1.807) is 19.1 Å². The van der Waals surface area contributed by atoms with Gasteiger partial charge >= 0.3 is 5.97 Å². The first-order valence-electron chi connectivity index (χ1n) is 9.61. The van der Waals surface area contributed by atoms with Crippen molar-refractivity contribution in [2.45, 2.75) is 19.9 Å². The number of pyridine rings is 2. The Hall–Kier alpha value is -3.31. The minimum atomic E-state index is -3.47. The van der Waals surface area contributed by atoms with E-state index in [2.05, 4.69) is 9.71 Å². The van der Waals surface area contributed by atoms with Crippen molar-refractivity contribution in [3.63, 3.8) is 0 Å². The van der Waals surface area contributed by atoms with Gasteiger partial charge in [-0.2, -0.15) is 0 Å². The number of halogens is 1. The average Bonchev–Trinajstić information content (AvgIpc) is 2.72. The van der Waals surface area contributed by atoms with Gasteiger partial charge < -0.3 is 14.4 Å². The number of benzene rings is 1. The Bertz CT molecular complexity index is 1370. The predicted octanol–water partition coefficient (Wildman–Crippen LogP) is 1.59. The summed E-state index contributed by atoms with van der Waals surface area (Å²) in [5.41, 5.74) is 0.851. The number of esters is 1. The van der Waals surface area contributed by atoms with Gasteiger partial charge in [-0.3, -0.25) is 9.78 Å². The summed E-state index contributed by atoms with van der Waals surface area (Å²) in [5, 5.41) is 10.5. The molecule has 2 heterocycles. The van der Waals surface area contributed by atoms with Crippen molar-refractivity contribution in [3.05, 3.63) is 68.9 Å². The van der Waals surface area contributed by atoms with Crippen LogP contribution in [-0.2, 0) is 34.8 Å². The molecule has 11 heteroatoms. The van der Waals surface area contributed by atoms with Gasteiger partial charge in [-0.1, -0.05) is 6.07 Å². The Labute approximate surface area is 183 Å². The monoisotopic (exact) mass is 463 g/mol. The number of hydrogen-bond acceptors (Lipinski definition) is 7. The van der Waals surface area contributed by atoms with E-state index in [0.29, 0.717) is 16.7 Å². The van der Waals surface area contributed by atoms with Crippen LogP contribution in [0.15, 0.2) is 35.3 Å². The van der Waals surface area contributed by atoms with Gasteiger partial charge in [0.05, 0.1) is 18.4 Å². The molecule has 2 N–H and O–H groups in total. The molecule has 0 atom stereocenters. The molecule has 0 aliphatic heterocycles. The maximum absolute atomic E-state index is 13.7. The molecule has 0 bridgehead atoms. The molecule has 2 aromatic heterocycles. The number of aryl methyl sites for hydroxylation is 1. The minimum Gasteiger partial charge on any atom is -0.505 e. The fourth-order valence-electron chi connectivity index (χ4n) is 3.27. The lowest BCUT2D eigenvalue weighted by molar-refractivity contribution is 0.0520. The number of ether oxygens (including phenoxy) is 1. The van der Waals surface area contributed by atoms with E-state index in [1.165, 1.54) is 29.9 Å². The average molecular weight is 463 g/mol. The van der Waals surface area contributed by atoms with Crippen molar-refractivity contribution in [3.8, 4) is 5.75 Å². The second-order valence-corrected chi connectivity index (χ2v) is 9.04. The van der Waals surface area contributed by atoms with Crippen LogP contribution in [0.1, 0.15) is 34.0 Å². The van der Waals surface area contributed by atoms with E-state index in [-0.39, 0.29) is 30.6 Å². The molecule has 3 rings (SSSR count). The molecule has 0 saturated carbocycles. The van der Waals surface area contributed by atoms with Gasteiger partial charge in [0.2, 0.25) is 10.0 Å². The number of nitrogens with zero attached hydrogens (tertiary/aromatic N) is 2. The van der Waals surface area contributed by atoms with Crippen LogP contribution in [-0.4, -0.2) is 41.9 Å². The van der Waals surface area contributed by atoms with Crippen LogP contribution in [0, 0.1) is 5.82 Å². The summed E-state index contributed by atoms with van der Waals surface area (Å²) in [7, 11) is -2.03. The zero-order valence-electron chi connectivity index (χ0n) is 17.7. The van der Waals surface area contributed by atoms with Gasteiger partial charge in [0.15, 0.2) is 11.3 Å². The van der Waals surface area contributed by atoms with Crippen LogP contribution >= 0.6 is 0 Å². The lowest BCUT2D eigenvalue weighted by atomic mass is 10.00. The van der Waals surface area contributed by atoms with Crippen LogP contribution in [0.4, 0.5) is 4.39 Å². The summed E-state index contributed by atoms with van der Waals surface area (Å²) in [5.74, 6) is -2.00. The van der Waals surface area contributed by atoms with Crippen LogP contribution in [0.25, 0.3) is 11.0 Å². The molecule has 0 unspecified atom stereocenters. The van der Waals surface area contributed by atoms with Gasteiger partial charge in [0.1, 0.15) is 11.3 Å². The lowest BCUT2D eigenvalue weighted by Crippen LogP contribution is -2.26. The fourth-order valence-corrected chi connectivity index (χ4v) is 3.69. The molecule has 170 valence electrons. The summed E-state index contributed by atoms with van der Waals surface area (Å²) in [6, 6.07) is 5.67. The SMILES string of the molecule is CCOC(=O)c1c(O)c2ncc(Cc3ccc(F)cc3CNS(C)(=O)=O)cc2n(C)c1=O. The Morgan fingerprint density at radius 1 is 1.28 bits per heavy atom. The zero-order chi connectivity index (χ0) is 23.6. The minimum absolute atomic E-state index is 0.0417. The first-order valence-corrected chi connectivity index (χ1v) is 11.5. The molecule has 0 aliphatic rings. The van der Waals surface area contributed by atoms with Crippen molar-refractivity contribution in [2.75, 3.05) is 12.9 Å². The van der Waals surface area contributed by atoms with E-state index in [1.807, 2.05) is 0 Å². The van der Waals surface area contributed by atoms with E-state index < -0.39 is 38.7 Å². The largest absolute Gasteiger partial charge is 0.505 e. The van der Waals surface area contributed by atoms with Crippen molar-refractivity contribution in [1.29, 1.82) is 0 Å². The van der Waals surface area contributed by atoms with Crippen LogP contribution in [0.3, 0.4) is 0 Å². The standard InChI is InChI=1S/C21H22FN3O6S/c1-4-31-21(28)17-19(26)18-16(25(2)20(17)27)8-12(10-23-18)7-13-5-6-15(22)9-14(13)11-24-32(3,29)30/h5-6,8-10,24,26H,4,7,11H2,1-3H3. The summed E-state index contributed by atoms with van der Waals surface area (Å²) >= 11 is 0. The first-order chi connectivity index (χ1) is 15.0. The van der Waals surface area contributed by atoms with Crippen molar-refractivity contribution >= 4 is 27.0 Å².